The number of rotatable bonds is 10. The Labute approximate surface area is 225 Å². The molecule has 5 rings (SSSR count). The van der Waals surface area contributed by atoms with Crippen molar-refractivity contribution in [2.45, 2.75) is 19.3 Å². The van der Waals surface area contributed by atoms with Gasteiger partial charge in [0.1, 0.15) is 6.33 Å². The summed E-state index contributed by atoms with van der Waals surface area (Å²) in [5.41, 5.74) is 9.56. The summed E-state index contributed by atoms with van der Waals surface area (Å²) < 4.78 is 11.0. The van der Waals surface area contributed by atoms with Gasteiger partial charge >= 0.3 is 0 Å². The molecule has 1 aliphatic rings. The molecule has 38 heavy (non-hydrogen) atoms. The Morgan fingerprint density at radius 3 is 2.84 bits per heavy atom. The lowest BCUT2D eigenvalue weighted by atomic mass is 9.87. The largest absolute Gasteiger partial charge is 0.379 e. The third-order valence-corrected chi connectivity index (χ3v) is 7.33. The number of fused-ring (bicyclic) bond motifs is 2. The minimum absolute atomic E-state index is 0.177. The number of amides is 1. The molecule has 4 aromatic rings. The first-order valence-electron chi connectivity index (χ1n) is 12.8. The minimum Gasteiger partial charge on any atom is -0.379 e. The van der Waals surface area contributed by atoms with E-state index < -0.39 is 5.41 Å². The standard InChI is InChI=1S/C26H33ClN8O3/c1-26(2,14-28)23-19-21(33-34-24(19)31-15-30-23)22-20(27)17-4-3-16(13-18(17)32-22)25(36)29-5-9-37-10-6-35-7-11-38-12-8-35/h3-4,13,15,32H,5-12,14,28H2,1-2H3,(H,29,36)(H,30,31,33,34). The van der Waals surface area contributed by atoms with E-state index in [9.17, 15) is 4.79 Å². The van der Waals surface area contributed by atoms with E-state index in [4.69, 9.17) is 26.8 Å². The molecule has 1 saturated heterocycles. The monoisotopic (exact) mass is 540 g/mol. The molecule has 0 radical (unpaired) electrons. The van der Waals surface area contributed by atoms with E-state index in [-0.39, 0.29) is 5.91 Å². The average Bonchev–Trinajstić information content (AvgIpc) is 3.51. The number of H-pyrrole nitrogens is 2. The van der Waals surface area contributed by atoms with E-state index >= 15 is 0 Å². The predicted octanol–water partition coefficient (Wildman–Crippen LogP) is 2.47. The second-order valence-electron chi connectivity index (χ2n) is 10.0. The van der Waals surface area contributed by atoms with Crippen LogP contribution in [-0.2, 0) is 14.9 Å². The maximum Gasteiger partial charge on any atom is 0.251 e. The van der Waals surface area contributed by atoms with E-state index in [1.165, 1.54) is 6.33 Å². The van der Waals surface area contributed by atoms with Gasteiger partial charge in [-0.15, -0.1) is 0 Å². The zero-order valence-electron chi connectivity index (χ0n) is 21.6. The Balaban J connectivity index is 1.28. The molecule has 1 amide bonds. The van der Waals surface area contributed by atoms with Gasteiger partial charge in [-0.3, -0.25) is 14.8 Å². The van der Waals surface area contributed by atoms with Gasteiger partial charge in [0.25, 0.3) is 5.91 Å². The van der Waals surface area contributed by atoms with Gasteiger partial charge in [-0.1, -0.05) is 31.5 Å². The van der Waals surface area contributed by atoms with Crippen molar-refractivity contribution in [3.05, 3.63) is 40.8 Å². The van der Waals surface area contributed by atoms with Crippen molar-refractivity contribution in [2.75, 3.05) is 59.2 Å². The normalized spacial score (nSPS) is 14.9. The third-order valence-electron chi connectivity index (χ3n) is 6.94. The molecule has 1 aliphatic heterocycles. The van der Waals surface area contributed by atoms with Crippen LogP contribution >= 0.6 is 11.6 Å². The summed E-state index contributed by atoms with van der Waals surface area (Å²) in [5.74, 6) is -0.177. The highest BCUT2D eigenvalue weighted by Crippen LogP contribution is 2.39. The lowest BCUT2D eigenvalue weighted by Crippen LogP contribution is -2.38. The fourth-order valence-electron chi connectivity index (χ4n) is 4.58. The molecule has 202 valence electrons. The van der Waals surface area contributed by atoms with Gasteiger partial charge < -0.3 is 25.5 Å². The molecule has 4 heterocycles. The first-order valence-corrected chi connectivity index (χ1v) is 13.1. The summed E-state index contributed by atoms with van der Waals surface area (Å²) >= 11 is 6.80. The first-order chi connectivity index (χ1) is 18.4. The van der Waals surface area contributed by atoms with Gasteiger partial charge in [0, 0.05) is 54.6 Å². The molecule has 3 aromatic heterocycles. The Morgan fingerprint density at radius 2 is 2.05 bits per heavy atom. The molecule has 0 spiro atoms. The molecule has 0 aliphatic carbocycles. The maximum atomic E-state index is 12.8. The smallest absolute Gasteiger partial charge is 0.251 e. The summed E-state index contributed by atoms with van der Waals surface area (Å²) in [6.45, 7) is 10.2. The highest BCUT2D eigenvalue weighted by atomic mass is 35.5. The van der Waals surface area contributed by atoms with Crippen molar-refractivity contribution in [2.24, 2.45) is 5.73 Å². The van der Waals surface area contributed by atoms with E-state index in [1.807, 2.05) is 19.9 Å². The number of carbonyl (C=O) groups is 1. The van der Waals surface area contributed by atoms with Gasteiger partial charge in [-0.25, -0.2) is 9.97 Å². The number of nitrogens with zero attached hydrogens (tertiary/aromatic N) is 4. The molecular weight excluding hydrogens is 508 g/mol. The van der Waals surface area contributed by atoms with Crippen LogP contribution in [0.1, 0.15) is 29.9 Å². The van der Waals surface area contributed by atoms with Crippen LogP contribution < -0.4 is 11.1 Å². The molecule has 0 saturated carbocycles. The Kier molecular flexibility index (Phi) is 7.91. The first kappa shape index (κ1) is 26.5. The van der Waals surface area contributed by atoms with Crippen molar-refractivity contribution in [1.82, 2.24) is 35.4 Å². The van der Waals surface area contributed by atoms with Crippen LogP contribution in [0.25, 0.3) is 33.3 Å². The third kappa shape index (κ3) is 5.38. The van der Waals surface area contributed by atoms with Crippen LogP contribution in [0.2, 0.25) is 5.02 Å². The number of halogens is 1. The molecule has 5 N–H and O–H groups in total. The second kappa shape index (κ2) is 11.3. The van der Waals surface area contributed by atoms with Crippen molar-refractivity contribution < 1.29 is 14.3 Å². The van der Waals surface area contributed by atoms with E-state index in [1.54, 1.807) is 12.1 Å². The molecule has 1 fully saturated rings. The molecule has 1 aromatic carbocycles. The van der Waals surface area contributed by atoms with Crippen LogP contribution in [0, 0.1) is 0 Å². The molecule has 12 heteroatoms. The summed E-state index contributed by atoms with van der Waals surface area (Å²) in [7, 11) is 0. The number of hydrogen-bond acceptors (Lipinski definition) is 8. The average molecular weight is 541 g/mol. The highest BCUT2D eigenvalue weighted by molar-refractivity contribution is 6.38. The van der Waals surface area contributed by atoms with Crippen molar-refractivity contribution in [3.63, 3.8) is 0 Å². The zero-order valence-corrected chi connectivity index (χ0v) is 22.4. The van der Waals surface area contributed by atoms with Crippen LogP contribution in [-0.4, -0.2) is 95.1 Å². The van der Waals surface area contributed by atoms with E-state index in [0.717, 1.165) is 54.8 Å². The number of ether oxygens (including phenoxy) is 2. The molecular formula is C26H33ClN8O3. The Hall–Kier alpha value is -3.09. The number of nitrogens with two attached hydrogens (primary N) is 1. The van der Waals surface area contributed by atoms with Gasteiger partial charge in [0.05, 0.1) is 53.9 Å². The molecule has 0 bridgehead atoms. The SMILES string of the molecule is CC(C)(CN)c1ncnc2n[nH]c(-c3[nH]c4cc(C(=O)NCCOCCN5CCOCC5)ccc4c3Cl)c12. The topological polar surface area (TPSA) is 147 Å². The zero-order chi connectivity index (χ0) is 26.7. The number of carbonyl (C=O) groups excluding carboxylic acids is 1. The van der Waals surface area contributed by atoms with Crippen LogP contribution in [0.5, 0.6) is 0 Å². The second-order valence-corrected chi connectivity index (χ2v) is 10.4. The van der Waals surface area contributed by atoms with Gasteiger partial charge in [-0.2, -0.15) is 5.10 Å². The Morgan fingerprint density at radius 1 is 1.24 bits per heavy atom. The van der Waals surface area contributed by atoms with Crippen LogP contribution in [0.4, 0.5) is 0 Å². The van der Waals surface area contributed by atoms with Crippen molar-refractivity contribution >= 4 is 39.4 Å². The number of hydrogen-bond donors (Lipinski definition) is 4. The van der Waals surface area contributed by atoms with Crippen molar-refractivity contribution in [3.8, 4) is 11.4 Å². The summed E-state index contributed by atoms with van der Waals surface area (Å²) in [5, 5.41) is 12.4. The van der Waals surface area contributed by atoms with Crippen LogP contribution in [0.15, 0.2) is 24.5 Å². The maximum absolute atomic E-state index is 12.8. The molecule has 11 nitrogen and oxygen atoms in total. The summed E-state index contributed by atoms with van der Waals surface area (Å²) in [6.07, 6.45) is 1.49. The highest BCUT2D eigenvalue weighted by Gasteiger charge is 2.28. The minimum atomic E-state index is -0.393. The predicted molar refractivity (Wildman–Crippen MR) is 146 cm³/mol. The molecule has 0 atom stereocenters. The molecule has 0 unspecified atom stereocenters. The fraction of sp³-hybridized carbons (Fsp3) is 0.462. The number of morpholine rings is 1. The van der Waals surface area contributed by atoms with Gasteiger partial charge in [0.2, 0.25) is 0 Å². The van der Waals surface area contributed by atoms with Gasteiger partial charge in [0.15, 0.2) is 5.65 Å². The Bertz CT molecular complexity index is 1430. The van der Waals surface area contributed by atoms with Gasteiger partial charge in [-0.05, 0) is 12.1 Å². The summed E-state index contributed by atoms with van der Waals surface area (Å²) in [4.78, 5) is 27.3. The quantitative estimate of drug-likeness (QED) is 0.224. The van der Waals surface area contributed by atoms with E-state index in [2.05, 4.69) is 35.4 Å². The lowest BCUT2D eigenvalue weighted by Gasteiger charge is -2.26. The number of aromatic amines is 2. The number of benzene rings is 1. The summed E-state index contributed by atoms with van der Waals surface area (Å²) in [6, 6.07) is 5.39. The van der Waals surface area contributed by atoms with E-state index in [0.29, 0.717) is 53.9 Å². The number of nitrogens with one attached hydrogen (secondary N) is 3. The fourth-order valence-corrected chi connectivity index (χ4v) is 4.89. The number of aromatic nitrogens is 5. The lowest BCUT2D eigenvalue weighted by molar-refractivity contribution is 0.0207. The van der Waals surface area contributed by atoms with Crippen LogP contribution in [0.3, 0.4) is 0 Å². The van der Waals surface area contributed by atoms with Crippen molar-refractivity contribution in [1.29, 1.82) is 0 Å².